The number of aromatic amines is 1. The van der Waals surface area contributed by atoms with Gasteiger partial charge in [0.1, 0.15) is 0 Å². The number of sulfonamides is 1. The minimum absolute atomic E-state index is 0.0301. The fourth-order valence-electron chi connectivity index (χ4n) is 0.834. The van der Waals surface area contributed by atoms with E-state index < -0.39 is 10.0 Å². The third kappa shape index (κ3) is 3.86. The summed E-state index contributed by atoms with van der Waals surface area (Å²) < 4.78 is 29.6. The van der Waals surface area contributed by atoms with Gasteiger partial charge in [0.25, 0.3) is 0 Å². The number of hydrogen-bond acceptors (Lipinski definition) is 4. The van der Waals surface area contributed by atoms with E-state index in [9.17, 15) is 8.42 Å². The van der Waals surface area contributed by atoms with E-state index in [1.807, 2.05) is 0 Å². The Morgan fingerprint density at radius 3 is 3.00 bits per heavy atom. The van der Waals surface area contributed by atoms with Crippen LogP contribution in [0, 0.1) is 0 Å². The number of imidazole rings is 1. The third-order valence-electron chi connectivity index (χ3n) is 1.59. The molecule has 7 heteroatoms. The van der Waals surface area contributed by atoms with Crippen LogP contribution in [-0.2, 0) is 21.3 Å². The molecule has 1 heterocycles. The fourth-order valence-corrected chi connectivity index (χ4v) is 1.74. The smallest absolute Gasteiger partial charge is 0.214 e. The molecular formula is C7H13N3O3S. The molecule has 6 nitrogen and oxygen atoms in total. The third-order valence-corrected chi connectivity index (χ3v) is 2.88. The quantitative estimate of drug-likeness (QED) is 0.674. The molecule has 0 saturated heterocycles. The van der Waals surface area contributed by atoms with Crippen LogP contribution in [0.2, 0.25) is 0 Å². The fraction of sp³-hybridized carbons (Fsp3) is 0.571. The number of aromatic nitrogens is 2. The molecule has 0 aliphatic heterocycles. The van der Waals surface area contributed by atoms with Gasteiger partial charge in [-0.2, -0.15) is 0 Å². The first-order valence-electron chi connectivity index (χ1n) is 4.07. The number of methoxy groups -OCH3 is 1. The Morgan fingerprint density at radius 2 is 2.43 bits per heavy atom. The zero-order valence-electron chi connectivity index (χ0n) is 7.86. The van der Waals surface area contributed by atoms with E-state index in [4.69, 9.17) is 0 Å². The minimum Gasteiger partial charge on any atom is -0.384 e. The van der Waals surface area contributed by atoms with Gasteiger partial charge in [0.05, 0.1) is 25.2 Å². The van der Waals surface area contributed by atoms with Gasteiger partial charge in [-0.15, -0.1) is 0 Å². The van der Waals surface area contributed by atoms with E-state index >= 15 is 0 Å². The van der Waals surface area contributed by atoms with Gasteiger partial charge in [-0.3, -0.25) is 0 Å². The van der Waals surface area contributed by atoms with Crippen molar-refractivity contribution in [2.45, 2.75) is 6.54 Å². The number of rotatable bonds is 6. The van der Waals surface area contributed by atoms with Crippen LogP contribution in [0.3, 0.4) is 0 Å². The Morgan fingerprint density at radius 1 is 1.64 bits per heavy atom. The Bertz CT molecular complexity index is 346. The van der Waals surface area contributed by atoms with Crippen molar-refractivity contribution in [1.82, 2.24) is 14.7 Å². The van der Waals surface area contributed by atoms with Crippen molar-refractivity contribution in [3.8, 4) is 0 Å². The lowest BCUT2D eigenvalue weighted by molar-refractivity contribution is 0.217. The average Bonchev–Trinajstić information content (AvgIpc) is 2.64. The zero-order chi connectivity index (χ0) is 10.4. The maximum Gasteiger partial charge on any atom is 0.214 e. The summed E-state index contributed by atoms with van der Waals surface area (Å²) in [5, 5.41) is 0. The lowest BCUT2D eigenvalue weighted by Gasteiger charge is -2.04. The van der Waals surface area contributed by atoms with Crippen molar-refractivity contribution >= 4 is 10.0 Å². The first-order valence-corrected chi connectivity index (χ1v) is 5.73. The van der Waals surface area contributed by atoms with Gasteiger partial charge in [0, 0.05) is 19.0 Å². The summed E-state index contributed by atoms with van der Waals surface area (Å²) in [6.07, 6.45) is 3.07. The normalized spacial score (nSPS) is 11.8. The first-order chi connectivity index (χ1) is 6.64. The van der Waals surface area contributed by atoms with Crippen molar-refractivity contribution in [1.29, 1.82) is 0 Å². The van der Waals surface area contributed by atoms with Crippen LogP contribution in [0.1, 0.15) is 5.69 Å². The van der Waals surface area contributed by atoms with Gasteiger partial charge in [-0.1, -0.05) is 0 Å². The van der Waals surface area contributed by atoms with Crippen LogP contribution >= 0.6 is 0 Å². The molecule has 2 N–H and O–H groups in total. The van der Waals surface area contributed by atoms with Crippen LogP contribution in [0.5, 0.6) is 0 Å². The summed E-state index contributed by atoms with van der Waals surface area (Å²) in [6, 6.07) is 0. The highest BCUT2D eigenvalue weighted by atomic mass is 32.2. The molecule has 0 radical (unpaired) electrons. The monoisotopic (exact) mass is 219 g/mol. The van der Waals surface area contributed by atoms with Crippen LogP contribution in [0.4, 0.5) is 0 Å². The molecule has 0 aromatic carbocycles. The molecule has 0 fully saturated rings. The van der Waals surface area contributed by atoms with Crippen LogP contribution in [0.25, 0.3) is 0 Å². The Labute approximate surface area is 82.7 Å². The van der Waals surface area contributed by atoms with E-state index in [1.54, 1.807) is 6.20 Å². The van der Waals surface area contributed by atoms with E-state index in [0.29, 0.717) is 0 Å². The number of hydrogen-bond donors (Lipinski definition) is 2. The van der Waals surface area contributed by atoms with E-state index in [0.717, 1.165) is 5.69 Å². The summed E-state index contributed by atoms with van der Waals surface area (Å²) in [6.45, 7) is 0.421. The SMILES string of the molecule is COCCS(=O)(=O)NCc1cnc[nH]1. The van der Waals surface area contributed by atoms with Crippen molar-refractivity contribution in [2.75, 3.05) is 19.5 Å². The predicted molar refractivity (Wildman–Crippen MR) is 51.1 cm³/mol. The van der Waals surface area contributed by atoms with E-state index in [1.165, 1.54) is 13.4 Å². The molecule has 0 spiro atoms. The largest absolute Gasteiger partial charge is 0.384 e. The average molecular weight is 219 g/mol. The summed E-state index contributed by atoms with van der Waals surface area (Å²) in [5.74, 6) is -0.0301. The molecular weight excluding hydrogens is 206 g/mol. The van der Waals surface area contributed by atoms with Gasteiger partial charge in [-0.25, -0.2) is 18.1 Å². The lowest BCUT2D eigenvalue weighted by Crippen LogP contribution is -2.27. The molecule has 0 bridgehead atoms. The number of nitrogens with one attached hydrogen (secondary N) is 2. The number of ether oxygens (including phenoxy) is 1. The summed E-state index contributed by atoms with van der Waals surface area (Å²) in [7, 11) is -1.78. The maximum atomic E-state index is 11.3. The number of nitrogens with zero attached hydrogens (tertiary/aromatic N) is 1. The molecule has 14 heavy (non-hydrogen) atoms. The predicted octanol–water partition coefficient (Wildman–Crippen LogP) is -0.524. The van der Waals surface area contributed by atoms with Gasteiger partial charge in [-0.05, 0) is 0 Å². The number of H-pyrrole nitrogens is 1. The van der Waals surface area contributed by atoms with Crippen LogP contribution < -0.4 is 4.72 Å². The molecule has 0 aliphatic rings. The summed E-state index contributed by atoms with van der Waals surface area (Å²) in [5.41, 5.74) is 0.728. The molecule has 0 atom stereocenters. The van der Waals surface area contributed by atoms with Gasteiger partial charge in [0.15, 0.2) is 0 Å². The van der Waals surface area contributed by atoms with Gasteiger partial charge in [0.2, 0.25) is 10.0 Å². The Kier molecular flexibility index (Phi) is 4.05. The standard InChI is InChI=1S/C7H13N3O3S/c1-13-2-3-14(11,12)10-5-7-4-8-6-9-7/h4,6,10H,2-3,5H2,1H3,(H,8,9). The van der Waals surface area contributed by atoms with Crippen molar-refractivity contribution in [2.24, 2.45) is 0 Å². The van der Waals surface area contributed by atoms with Crippen molar-refractivity contribution in [3.05, 3.63) is 18.2 Å². The van der Waals surface area contributed by atoms with E-state index in [-0.39, 0.29) is 18.9 Å². The van der Waals surface area contributed by atoms with Gasteiger partial charge >= 0.3 is 0 Å². The highest BCUT2D eigenvalue weighted by molar-refractivity contribution is 7.89. The second kappa shape index (κ2) is 5.08. The molecule has 0 saturated carbocycles. The van der Waals surface area contributed by atoms with Gasteiger partial charge < -0.3 is 9.72 Å². The molecule has 80 valence electrons. The minimum atomic E-state index is -3.24. The molecule has 1 aromatic heterocycles. The van der Waals surface area contributed by atoms with Crippen LogP contribution in [0.15, 0.2) is 12.5 Å². The highest BCUT2D eigenvalue weighted by Crippen LogP contribution is 1.92. The Hall–Kier alpha value is -0.920. The zero-order valence-corrected chi connectivity index (χ0v) is 8.67. The van der Waals surface area contributed by atoms with Crippen molar-refractivity contribution < 1.29 is 13.2 Å². The molecule has 1 aromatic rings. The molecule has 0 aliphatic carbocycles. The summed E-state index contributed by atoms with van der Waals surface area (Å²) >= 11 is 0. The first kappa shape index (κ1) is 11.2. The van der Waals surface area contributed by atoms with Crippen molar-refractivity contribution in [3.63, 3.8) is 0 Å². The molecule has 0 unspecified atom stereocenters. The topological polar surface area (TPSA) is 84.1 Å². The second-order valence-electron chi connectivity index (χ2n) is 2.71. The lowest BCUT2D eigenvalue weighted by atomic mass is 10.5. The van der Waals surface area contributed by atoms with E-state index in [2.05, 4.69) is 19.4 Å². The molecule has 0 amide bonds. The maximum absolute atomic E-state index is 11.3. The molecule has 1 rings (SSSR count). The highest BCUT2D eigenvalue weighted by Gasteiger charge is 2.09. The Balaban J connectivity index is 2.37. The van der Waals surface area contributed by atoms with Crippen LogP contribution in [-0.4, -0.2) is 37.9 Å². The summed E-state index contributed by atoms with van der Waals surface area (Å²) in [4.78, 5) is 6.57. The second-order valence-corrected chi connectivity index (χ2v) is 4.64.